The van der Waals surface area contributed by atoms with Crippen LogP contribution in [0.15, 0.2) is 18.2 Å². The number of nitrogens with one attached hydrogen (secondary N) is 2. The van der Waals surface area contributed by atoms with E-state index in [9.17, 15) is 4.79 Å². The predicted octanol–water partition coefficient (Wildman–Crippen LogP) is 1.79. The van der Waals surface area contributed by atoms with Gasteiger partial charge >= 0.3 is 0 Å². The summed E-state index contributed by atoms with van der Waals surface area (Å²) in [6.45, 7) is 3.15. The van der Waals surface area contributed by atoms with E-state index in [-0.39, 0.29) is 5.91 Å². The van der Waals surface area contributed by atoms with Gasteiger partial charge in [-0.1, -0.05) is 13.0 Å². The number of fused-ring (bicyclic) bond motifs is 1. The second-order valence-corrected chi connectivity index (χ2v) is 4.84. The van der Waals surface area contributed by atoms with Crippen molar-refractivity contribution < 1.29 is 4.79 Å². The average Bonchev–Trinajstić information content (AvgIpc) is 2.81. The van der Waals surface area contributed by atoms with Crippen molar-refractivity contribution in [3.63, 3.8) is 0 Å². The van der Waals surface area contributed by atoms with Crippen LogP contribution in [0.4, 0.5) is 5.69 Å². The lowest BCUT2D eigenvalue weighted by Gasteiger charge is -2.06. The Hall–Kier alpha value is -1.51. The standard InChI is InChI=1S/C13H16N2O/c1-8-6-11(8)15-13(16)10-3-2-9-4-5-14-12(9)7-10/h2-3,7-8,11,14H,4-6H2,1H3,(H,15,16). The number of carbonyl (C=O) groups is 1. The van der Waals surface area contributed by atoms with Crippen LogP contribution in [0.2, 0.25) is 0 Å². The molecule has 1 saturated carbocycles. The number of rotatable bonds is 2. The molecule has 3 nitrogen and oxygen atoms in total. The van der Waals surface area contributed by atoms with Gasteiger partial charge in [0.2, 0.25) is 0 Å². The Morgan fingerprint density at radius 1 is 1.50 bits per heavy atom. The van der Waals surface area contributed by atoms with Crippen molar-refractivity contribution in [3.05, 3.63) is 29.3 Å². The number of anilines is 1. The van der Waals surface area contributed by atoms with Gasteiger partial charge in [-0.25, -0.2) is 0 Å². The van der Waals surface area contributed by atoms with E-state index in [1.165, 1.54) is 5.56 Å². The number of hydrogen-bond donors (Lipinski definition) is 2. The van der Waals surface area contributed by atoms with Gasteiger partial charge in [-0.3, -0.25) is 4.79 Å². The Bertz CT molecular complexity index is 442. The summed E-state index contributed by atoms with van der Waals surface area (Å²) in [5.41, 5.74) is 3.21. The molecule has 1 fully saturated rings. The summed E-state index contributed by atoms with van der Waals surface area (Å²) in [5, 5.41) is 6.34. The van der Waals surface area contributed by atoms with Crippen LogP contribution < -0.4 is 10.6 Å². The summed E-state index contributed by atoms with van der Waals surface area (Å²) in [5.74, 6) is 0.711. The number of benzene rings is 1. The van der Waals surface area contributed by atoms with Gasteiger partial charge in [-0.15, -0.1) is 0 Å². The van der Waals surface area contributed by atoms with Crippen LogP contribution in [0.3, 0.4) is 0 Å². The fraction of sp³-hybridized carbons (Fsp3) is 0.462. The average molecular weight is 216 g/mol. The monoisotopic (exact) mass is 216 g/mol. The Kier molecular flexibility index (Phi) is 2.13. The molecule has 1 aromatic carbocycles. The minimum Gasteiger partial charge on any atom is -0.384 e. The van der Waals surface area contributed by atoms with Crippen LogP contribution in [-0.2, 0) is 6.42 Å². The zero-order valence-corrected chi connectivity index (χ0v) is 9.42. The van der Waals surface area contributed by atoms with Gasteiger partial charge < -0.3 is 10.6 Å². The highest BCUT2D eigenvalue weighted by Crippen LogP contribution is 2.29. The van der Waals surface area contributed by atoms with E-state index in [4.69, 9.17) is 0 Å². The van der Waals surface area contributed by atoms with Crippen molar-refractivity contribution in [2.75, 3.05) is 11.9 Å². The van der Waals surface area contributed by atoms with E-state index in [0.29, 0.717) is 12.0 Å². The maximum atomic E-state index is 11.9. The van der Waals surface area contributed by atoms with Crippen LogP contribution in [0.25, 0.3) is 0 Å². The molecule has 0 spiro atoms. The first-order chi connectivity index (χ1) is 7.74. The number of hydrogen-bond acceptors (Lipinski definition) is 2. The third kappa shape index (κ3) is 1.66. The first-order valence-electron chi connectivity index (χ1n) is 5.92. The smallest absolute Gasteiger partial charge is 0.251 e. The molecule has 1 amide bonds. The maximum Gasteiger partial charge on any atom is 0.251 e. The highest BCUT2D eigenvalue weighted by Gasteiger charge is 2.34. The van der Waals surface area contributed by atoms with Crippen molar-refractivity contribution in [2.24, 2.45) is 5.92 Å². The van der Waals surface area contributed by atoms with Crippen molar-refractivity contribution in [1.29, 1.82) is 0 Å². The second kappa shape index (κ2) is 3.51. The lowest BCUT2D eigenvalue weighted by atomic mass is 10.1. The minimum absolute atomic E-state index is 0.0610. The Balaban J connectivity index is 1.76. The molecule has 0 bridgehead atoms. The van der Waals surface area contributed by atoms with Gasteiger partial charge in [0.05, 0.1) is 0 Å². The number of amides is 1. The molecule has 16 heavy (non-hydrogen) atoms. The van der Waals surface area contributed by atoms with E-state index < -0.39 is 0 Å². The molecule has 1 aromatic rings. The van der Waals surface area contributed by atoms with Crippen LogP contribution in [-0.4, -0.2) is 18.5 Å². The highest BCUT2D eigenvalue weighted by molar-refractivity contribution is 5.95. The van der Waals surface area contributed by atoms with E-state index in [2.05, 4.69) is 23.6 Å². The Morgan fingerprint density at radius 3 is 3.06 bits per heavy atom. The molecule has 2 atom stereocenters. The van der Waals surface area contributed by atoms with E-state index in [1.54, 1.807) is 0 Å². The van der Waals surface area contributed by atoms with E-state index in [1.807, 2.05) is 12.1 Å². The predicted molar refractivity (Wildman–Crippen MR) is 63.7 cm³/mol. The van der Waals surface area contributed by atoms with Gasteiger partial charge in [-0.05, 0) is 36.5 Å². The molecule has 1 heterocycles. The van der Waals surface area contributed by atoms with Crippen LogP contribution in [0.1, 0.15) is 29.3 Å². The summed E-state index contributed by atoms with van der Waals surface area (Å²) in [4.78, 5) is 11.9. The molecule has 0 radical (unpaired) electrons. The quantitative estimate of drug-likeness (QED) is 0.791. The molecular formula is C13H16N2O. The Morgan fingerprint density at radius 2 is 2.31 bits per heavy atom. The van der Waals surface area contributed by atoms with Crippen LogP contribution >= 0.6 is 0 Å². The largest absolute Gasteiger partial charge is 0.384 e. The molecule has 3 heteroatoms. The number of carbonyl (C=O) groups excluding carboxylic acids is 1. The molecule has 2 unspecified atom stereocenters. The zero-order valence-electron chi connectivity index (χ0n) is 9.42. The lowest BCUT2D eigenvalue weighted by Crippen LogP contribution is -2.26. The summed E-state index contributed by atoms with van der Waals surface area (Å²) in [6, 6.07) is 6.34. The molecule has 2 aliphatic rings. The SMILES string of the molecule is CC1CC1NC(=O)c1ccc2c(c1)NCC2. The third-order valence-electron chi connectivity index (χ3n) is 3.51. The van der Waals surface area contributed by atoms with Crippen molar-refractivity contribution in [2.45, 2.75) is 25.8 Å². The third-order valence-corrected chi connectivity index (χ3v) is 3.51. The summed E-state index contributed by atoms with van der Waals surface area (Å²) in [7, 11) is 0. The minimum atomic E-state index is 0.0610. The maximum absolute atomic E-state index is 11.9. The molecule has 84 valence electrons. The normalized spacial score (nSPS) is 25.8. The van der Waals surface area contributed by atoms with Gasteiger partial charge in [-0.2, -0.15) is 0 Å². The molecule has 0 saturated heterocycles. The van der Waals surface area contributed by atoms with E-state index >= 15 is 0 Å². The van der Waals surface area contributed by atoms with Crippen LogP contribution in [0.5, 0.6) is 0 Å². The van der Waals surface area contributed by atoms with E-state index in [0.717, 1.165) is 30.6 Å². The first kappa shape index (κ1) is 9.70. The van der Waals surface area contributed by atoms with Crippen molar-refractivity contribution in [1.82, 2.24) is 5.32 Å². The zero-order chi connectivity index (χ0) is 11.1. The van der Waals surface area contributed by atoms with Gasteiger partial charge in [0.15, 0.2) is 0 Å². The molecular weight excluding hydrogens is 200 g/mol. The molecule has 1 aliphatic heterocycles. The molecule has 3 rings (SSSR count). The van der Waals surface area contributed by atoms with Gasteiger partial charge in [0.25, 0.3) is 5.91 Å². The first-order valence-corrected chi connectivity index (χ1v) is 5.92. The fourth-order valence-corrected chi connectivity index (χ4v) is 2.21. The van der Waals surface area contributed by atoms with Crippen molar-refractivity contribution >= 4 is 11.6 Å². The molecule has 0 aromatic heterocycles. The summed E-state index contributed by atoms with van der Waals surface area (Å²) >= 11 is 0. The van der Waals surface area contributed by atoms with Gasteiger partial charge in [0, 0.05) is 23.8 Å². The fourth-order valence-electron chi connectivity index (χ4n) is 2.21. The van der Waals surface area contributed by atoms with Gasteiger partial charge in [0.1, 0.15) is 0 Å². The Labute approximate surface area is 95.2 Å². The molecule has 1 aliphatic carbocycles. The second-order valence-electron chi connectivity index (χ2n) is 4.84. The summed E-state index contributed by atoms with van der Waals surface area (Å²) < 4.78 is 0. The summed E-state index contributed by atoms with van der Waals surface area (Å²) in [6.07, 6.45) is 2.19. The topological polar surface area (TPSA) is 41.1 Å². The van der Waals surface area contributed by atoms with Crippen LogP contribution in [0, 0.1) is 5.92 Å². The highest BCUT2D eigenvalue weighted by atomic mass is 16.1. The lowest BCUT2D eigenvalue weighted by molar-refractivity contribution is 0.0949. The van der Waals surface area contributed by atoms with Crippen molar-refractivity contribution in [3.8, 4) is 0 Å². The molecule has 2 N–H and O–H groups in total.